The maximum atomic E-state index is 14.3. The van der Waals surface area contributed by atoms with E-state index >= 15 is 0 Å². The van der Waals surface area contributed by atoms with Crippen LogP contribution in [0.15, 0.2) is 77.7 Å². The summed E-state index contributed by atoms with van der Waals surface area (Å²) < 4.78 is 43.0. The number of halogens is 1. The van der Waals surface area contributed by atoms with E-state index in [2.05, 4.69) is 19.2 Å². The minimum Gasteiger partial charge on any atom is -0.352 e. The number of carbonyl (C=O) groups is 2. The predicted octanol–water partition coefficient (Wildman–Crippen LogP) is 6.71. The van der Waals surface area contributed by atoms with E-state index in [1.807, 2.05) is 26.0 Å². The van der Waals surface area contributed by atoms with E-state index in [0.717, 1.165) is 47.5 Å². The zero-order valence-electron chi connectivity index (χ0n) is 26.1. The molecule has 1 fully saturated rings. The number of carbonyl (C=O) groups excluding carboxylic acids is 2. The lowest BCUT2D eigenvalue weighted by atomic mass is 9.95. The number of nitrogens with one attached hydrogen (secondary N) is 1. The van der Waals surface area contributed by atoms with Gasteiger partial charge in [0.15, 0.2) is 0 Å². The van der Waals surface area contributed by atoms with Gasteiger partial charge in [-0.25, -0.2) is 12.8 Å². The second kappa shape index (κ2) is 14.8. The number of benzene rings is 3. The van der Waals surface area contributed by atoms with Crippen molar-refractivity contribution in [3.63, 3.8) is 0 Å². The topological polar surface area (TPSA) is 86.8 Å². The van der Waals surface area contributed by atoms with Gasteiger partial charge in [-0.3, -0.25) is 13.9 Å². The SMILES string of the molecule is CC[C@@H](C(=O)NC1CCCCC1)N(Cc1ccc(F)cc1)C(=O)CN(c1ccc(C(C)C)cc1)S(=O)(=O)c1ccc(C)cc1. The molecule has 1 atom stereocenters. The summed E-state index contributed by atoms with van der Waals surface area (Å²) in [6, 6.07) is 18.7. The summed E-state index contributed by atoms with van der Waals surface area (Å²) in [5, 5.41) is 3.14. The lowest BCUT2D eigenvalue weighted by molar-refractivity contribution is -0.140. The van der Waals surface area contributed by atoms with Gasteiger partial charge in [0.1, 0.15) is 18.4 Å². The van der Waals surface area contributed by atoms with Gasteiger partial charge < -0.3 is 10.2 Å². The van der Waals surface area contributed by atoms with E-state index in [1.54, 1.807) is 36.4 Å². The van der Waals surface area contributed by atoms with Crippen molar-refractivity contribution in [2.24, 2.45) is 0 Å². The number of amides is 2. The first-order valence-corrected chi connectivity index (χ1v) is 17.0. The molecule has 3 aromatic rings. The Kier molecular flexibility index (Phi) is 11.2. The molecule has 2 amide bonds. The highest BCUT2D eigenvalue weighted by atomic mass is 32.2. The normalized spacial score (nSPS) is 14.7. The van der Waals surface area contributed by atoms with Crippen molar-refractivity contribution in [2.75, 3.05) is 10.8 Å². The van der Waals surface area contributed by atoms with Crippen molar-refractivity contribution in [1.82, 2.24) is 10.2 Å². The first kappa shape index (κ1) is 33.2. The maximum Gasteiger partial charge on any atom is 0.264 e. The largest absolute Gasteiger partial charge is 0.352 e. The summed E-state index contributed by atoms with van der Waals surface area (Å²) in [5.74, 6) is -0.950. The van der Waals surface area contributed by atoms with Gasteiger partial charge in [0.25, 0.3) is 10.0 Å². The number of anilines is 1. The van der Waals surface area contributed by atoms with Gasteiger partial charge >= 0.3 is 0 Å². The molecule has 4 rings (SSSR count). The van der Waals surface area contributed by atoms with Crippen molar-refractivity contribution < 1.29 is 22.4 Å². The molecule has 236 valence electrons. The second-order valence-corrected chi connectivity index (χ2v) is 13.8. The van der Waals surface area contributed by atoms with Crippen LogP contribution >= 0.6 is 0 Å². The van der Waals surface area contributed by atoms with Gasteiger partial charge in [0.05, 0.1) is 10.6 Å². The monoisotopic (exact) mass is 621 g/mol. The number of rotatable bonds is 12. The summed E-state index contributed by atoms with van der Waals surface area (Å²) in [4.78, 5) is 29.4. The van der Waals surface area contributed by atoms with Crippen molar-refractivity contribution in [3.05, 3.63) is 95.3 Å². The zero-order chi connectivity index (χ0) is 31.9. The summed E-state index contributed by atoms with van der Waals surface area (Å²) in [6.07, 6.45) is 5.34. The van der Waals surface area contributed by atoms with Crippen LogP contribution in [0, 0.1) is 12.7 Å². The van der Waals surface area contributed by atoms with E-state index in [0.29, 0.717) is 17.7 Å². The summed E-state index contributed by atoms with van der Waals surface area (Å²) in [5.41, 5.74) is 2.94. The Balaban J connectivity index is 1.71. The average molecular weight is 622 g/mol. The molecule has 1 N–H and O–H groups in total. The van der Waals surface area contributed by atoms with Gasteiger partial charge in [-0.15, -0.1) is 0 Å². The lowest BCUT2D eigenvalue weighted by Crippen LogP contribution is -2.54. The molecular formula is C35H44FN3O4S. The van der Waals surface area contributed by atoms with Crippen LogP contribution in [0.1, 0.15) is 81.9 Å². The lowest BCUT2D eigenvalue weighted by Gasteiger charge is -2.34. The number of sulfonamides is 1. The first-order chi connectivity index (χ1) is 21.0. The van der Waals surface area contributed by atoms with Crippen LogP contribution in [0.4, 0.5) is 10.1 Å². The minimum atomic E-state index is -4.15. The zero-order valence-corrected chi connectivity index (χ0v) is 26.9. The molecule has 44 heavy (non-hydrogen) atoms. The van der Waals surface area contributed by atoms with Crippen molar-refractivity contribution in [1.29, 1.82) is 0 Å². The van der Waals surface area contributed by atoms with E-state index in [4.69, 9.17) is 0 Å². The highest BCUT2D eigenvalue weighted by molar-refractivity contribution is 7.92. The summed E-state index contributed by atoms with van der Waals surface area (Å²) >= 11 is 0. The summed E-state index contributed by atoms with van der Waals surface area (Å²) in [7, 11) is -4.15. The molecule has 0 aliphatic heterocycles. The Morgan fingerprint density at radius 3 is 2.09 bits per heavy atom. The number of nitrogens with zero attached hydrogens (tertiary/aromatic N) is 2. The standard InChI is InChI=1S/C35H44FN3O4S/c1-5-33(35(41)37-30-9-7-6-8-10-30)38(23-27-13-17-29(36)18-14-27)34(40)24-39(31-19-15-28(16-20-31)25(2)3)44(42,43)32-21-11-26(4)12-22-32/h11-22,25,30,33H,5-10,23-24H2,1-4H3,(H,37,41)/t33-/m0/s1. The Bertz CT molecular complexity index is 1500. The fourth-order valence-corrected chi connectivity index (χ4v) is 7.06. The molecule has 1 saturated carbocycles. The predicted molar refractivity (Wildman–Crippen MR) is 172 cm³/mol. The maximum absolute atomic E-state index is 14.3. The van der Waals surface area contributed by atoms with Gasteiger partial charge in [-0.2, -0.15) is 0 Å². The molecule has 3 aromatic carbocycles. The highest BCUT2D eigenvalue weighted by Gasteiger charge is 2.34. The molecule has 0 aromatic heterocycles. The van der Waals surface area contributed by atoms with Crippen LogP contribution in [0.5, 0.6) is 0 Å². The van der Waals surface area contributed by atoms with Crippen LogP contribution in [0.25, 0.3) is 0 Å². The minimum absolute atomic E-state index is 0.0282. The van der Waals surface area contributed by atoms with Crippen LogP contribution in [0.2, 0.25) is 0 Å². The molecular weight excluding hydrogens is 577 g/mol. The molecule has 0 unspecified atom stereocenters. The number of aryl methyl sites for hydroxylation is 1. The molecule has 0 saturated heterocycles. The van der Waals surface area contributed by atoms with E-state index in [1.165, 1.54) is 29.2 Å². The molecule has 1 aliphatic rings. The molecule has 7 nitrogen and oxygen atoms in total. The third-order valence-electron chi connectivity index (χ3n) is 8.34. The Hall–Kier alpha value is -3.72. The van der Waals surface area contributed by atoms with Crippen LogP contribution < -0.4 is 9.62 Å². The molecule has 0 spiro atoms. The molecule has 9 heteroatoms. The third kappa shape index (κ3) is 8.25. The fourth-order valence-electron chi connectivity index (χ4n) is 5.64. The quantitative estimate of drug-likeness (QED) is 0.244. The molecule has 1 aliphatic carbocycles. The van der Waals surface area contributed by atoms with Crippen LogP contribution in [0.3, 0.4) is 0 Å². The highest BCUT2D eigenvalue weighted by Crippen LogP contribution is 2.27. The van der Waals surface area contributed by atoms with Crippen LogP contribution in [-0.2, 0) is 26.2 Å². The smallest absolute Gasteiger partial charge is 0.264 e. The van der Waals surface area contributed by atoms with Crippen molar-refractivity contribution >= 4 is 27.5 Å². The van der Waals surface area contributed by atoms with E-state index in [9.17, 15) is 22.4 Å². The first-order valence-electron chi connectivity index (χ1n) is 15.5. The Morgan fingerprint density at radius 2 is 1.52 bits per heavy atom. The fraction of sp³-hybridized carbons (Fsp3) is 0.429. The van der Waals surface area contributed by atoms with Crippen LogP contribution in [-0.4, -0.2) is 43.8 Å². The van der Waals surface area contributed by atoms with Gasteiger partial charge in [-0.1, -0.05) is 82.0 Å². The van der Waals surface area contributed by atoms with Crippen molar-refractivity contribution in [3.8, 4) is 0 Å². The number of hydrogen-bond acceptors (Lipinski definition) is 4. The number of hydrogen-bond donors (Lipinski definition) is 1. The van der Waals surface area contributed by atoms with E-state index < -0.39 is 34.3 Å². The van der Waals surface area contributed by atoms with Gasteiger partial charge in [0.2, 0.25) is 11.8 Å². The summed E-state index contributed by atoms with van der Waals surface area (Å²) in [6.45, 7) is 7.33. The van der Waals surface area contributed by atoms with Gasteiger partial charge in [0, 0.05) is 12.6 Å². The van der Waals surface area contributed by atoms with Crippen molar-refractivity contribution in [2.45, 2.75) is 95.7 Å². The molecule has 0 heterocycles. The van der Waals surface area contributed by atoms with Gasteiger partial charge in [-0.05, 0) is 79.6 Å². The Labute approximate surface area is 261 Å². The third-order valence-corrected chi connectivity index (χ3v) is 10.1. The molecule has 0 bridgehead atoms. The molecule has 0 radical (unpaired) electrons. The Morgan fingerprint density at radius 1 is 0.909 bits per heavy atom. The second-order valence-electron chi connectivity index (χ2n) is 12.0. The van der Waals surface area contributed by atoms with E-state index in [-0.39, 0.29) is 29.3 Å². The average Bonchev–Trinajstić information content (AvgIpc) is 3.01.